The number of carbonyl (C=O) groups is 1. The minimum Gasteiger partial charge on any atom is -0.465 e. The molecular formula is C16H12FNO4S2. The molecule has 0 fully saturated rings. The Hall–Kier alpha value is -2.45. The van der Waals surface area contributed by atoms with Gasteiger partial charge in [-0.3, -0.25) is 4.72 Å². The van der Waals surface area contributed by atoms with Crippen LogP contribution in [0.25, 0.3) is 10.1 Å². The molecule has 0 aliphatic rings. The van der Waals surface area contributed by atoms with Gasteiger partial charge in [0.05, 0.1) is 7.11 Å². The summed E-state index contributed by atoms with van der Waals surface area (Å²) >= 11 is 0.874. The second-order valence-corrected chi connectivity index (χ2v) is 7.51. The number of hydrogen-bond acceptors (Lipinski definition) is 5. The Morgan fingerprint density at radius 3 is 2.50 bits per heavy atom. The first-order valence-electron chi connectivity index (χ1n) is 6.81. The van der Waals surface area contributed by atoms with Crippen LogP contribution >= 0.6 is 11.3 Å². The van der Waals surface area contributed by atoms with Crippen molar-refractivity contribution in [3.63, 3.8) is 0 Å². The number of rotatable bonds is 4. The van der Waals surface area contributed by atoms with E-state index in [-0.39, 0.29) is 10.3 Å². The maximum atomic E-state index is 14.3. The normalized spacial score (nSPS) is 11.4. The van der Waals surface area contributed by atoms with E-state index >= 15 is 0 Å². The number of methoxy groups -OCH3 is 1. The lowest BCUT2D eigenvalue weighted by molar-refractivity contribution is 0.0602. The zero-order valence-corrected chi connectivity index (χ0v) is 14.1. The van der Waals surface area contributed by atoms with Gasteiger partial charge in [0.2, 0.25) is 0 Å². The molecule has 124 valence electrons. The van der Waals surface area contributed by atoms with Crippen LogP contribution in [0, 0.1) is 5.82 Å². The maximum Gasteiger partial charge on any atom is 0.349 e. The Balaban J connectivity index is 2.25. The molecule has 8 heteroatoms. The number of anilines is 1. The molecule has 3 rings (SSSR count). The highest BCUT2D eigenvalue weighted by Crippen LogP contribution is 2.37. The van der Waals surface area contributed by atoms with E-state index in [1.165, 1.54) is 6.07 Å². The molecule has 3 aromatic rings. The van der Waals surface area contributed by atoms with E-state index in [4.69, 9.17) is 0 Å². The fourth-order valence-corrected chi connectivity index (χ4v) is 5.18. The van der Waals surface area contributed by atoms with E-state index in [9.17, 15) is 17.6 Å². The SMILES string of the molecule is COC(=O)c1sc2cccc(F)c2c1S(=O)(=O)Nc1ccccc1. The molecule has 0 unspecified atom stereocenters. The second-order valence-electron chi connectivity index (χ2n) is 4.84. The van der Waals surface area contributed by atoms with Gasteiger partial charge in [-0.2, -0.15) is 0 Å². The molecule has 0 spiro atoms. The van der Waals surface area contributed by atoms with Crippen molar-refractivity contribution in [1.29, 1.82) is 0 Å². The minimum atomic E-state index is -4.19. The van der Waals surface area contributed by atoms with Crippen LogP contribution in [0.2, 0.25) is 0 Å². The summed E-state index contributed by atoms with van der Waals surface area (Å²) in [7, 11) is -3.04. The van der Waals surface area contributed by atoms with Crippen LogP contribution in [0.1, 0.15) is 9.67 Å². The highest BCUT2D eigenvalue weighted by atomic mass is 32.2. The first kappa shape index (κ1) is 16.4. The number of thiophene rings is 1. The molecule has 24 heavy (non-hydrogen) atoms. The molecule has 0 radical (unpaired) electrons. The lowest BCUT2D eigenvalue weighted by atomic mass is 10.2. The van der Waals surface area contributed by atoms with Crippen LogP contribution in [0.15, 0.2) is 53.4 Å². The molecule has 1 N–H and O–H groups in total. The van der Waals surface area contributed by atoms with Gasteiger partial charge >= 0.3 is 5.97 Å². The third-order valence-electron chi connectivity index (χ3n) is 3.29. The molecule has 0 bridgehead atoms. The highest BCUT2D eigenvalue weighted by Gasteiger charge is 2.30. The number of hydrogen-bond donors (Lipinski definition) is 1. The van der Waals surface area contributed by atoms with E-state index in [1.54, 1.807) is 36.4 Å². The predicted molar refractivity (Wildman–Crippen MR) is 90.4 cm³/mol. The maximum absolute atomic E-state index is 14.3. The highest BCUT2D eigenvalue weighted by molar-refractivity contribution is 7.93. The van der Waals surface area contributed by atoms with Crippen molar-refractivity contribution in [2.75, 3.05) is 11.8 Å². The Morgan fingerprint density at radius 2 is 1.83 bits per heavy atom. The largest absolute Gasteiger partial charge is 0.465 e. The van der Waals surface area contributed by atoms with Crippen molar-refractivity contribution < 1.29 is 22.3 Å². The van der Waals surface area contributed by atoms with Gasteiger partial charge in [-0.1, -0.05) is 24.3 Å². The van der Waals surface area contributed by atoms with Gasteiger partial charge < -0.3 is 4.74 Å². The smallest absolute Gasteiger partial charge is 0.349 e. The number of esters is 1. The van der Waals surface area contributed by atoms with Gasteiger partial charge in [-0.25, -0.2) is 17.6 Å². The predicted octanol–water partition coefficient (Wildman–Crippen LogP) is 3.63. The molecule has 0 aliphatic heterocycles. The molecule has 0 aliphatic carbocycles. The van der Waals surface area contributed by atoms with E-state index in [2.05, 4.69) is 9.46 Å². The third-order valence-corrected chi connectivity index (χ3v) is 6.00. The van der Waals surface area contributed by atoms with Gasteiger partial charge in [-0.05, 0) is 24.3 Å². The van der Waals surface area contributed by atoms with E-state index in [0.29, 0.717) is 10.4 Å². The Morgan fingerprint density at radius 1 is 1.12 bits per heavy atom. The van der Waals surface area contributed by atoms with Gasteiger partial charge in [0.25, 0.3) is 10.0 Å². The molecular weight excluding hydrogens is 353 g/mol. The summed E-state index contributed by atoms with van der Waals surface area (Å²) in [5, 5.41) is -0.119. The first-order valence-corrected chi connectivity index (χ1v) is 9.11. The number of benzene rings is 2. The molecule has 1 aromatic heterocycles. The van der Waals surface area contributed by atoms with Gasteiger partial charge in [0, 0.05) is 15.8 Å². The van der Waals surface area contributed by atoms with Crippen molar-refractivity contribution in [2.45, 2.75) is 4.90 Å². The summed E-state index contributed by atoms with van der Waals surface area (Å²) < 4.78 is 47.2. The molecule has 2 aromatic carbocycles. The third kappa shape index (κ3) is 2.85. The van der Waals surface area contributed by atoms with Crippen LogP contribution in [0.3, 0.4) is 0 Å². The van der Waals surface area contributed by atoms with Crippen LogP contribution in [0.5, 0.6) is 0 Å². The second kappa shape index (κ2) is 6.21. The van der Waals surface area contributed by atoms with Crippen molar-refractivity contribution >= 4 is 43.1 Å². The lowest BCUT2D eigenvalue weighted by Crippen LogP contribution is -2.16. The van der Waals surface area contributed by atoms with Crippen molar-refractivity contribution in [3.05, 3.63) is 59.2 Å². The Kier molecular flexibility index (Phi) is 4.25. The summed E-state index contributed by atoms with van der Waals surface area (Å²) in [4.78, 5) is 11.4. The van der Waals surface area contributed by atoms with Gasteiger partial charge in [-0.15, -0.1) is 11.3 Å². The van der Waals surface area contributed by atoms with Crippen LogP contribution in [-0.4, -0.2) is 21.5 Å². The minimum absolute atomic E-state index is 0.119. The number of fused-ring (bicyclic) bond motifs is 1. The molecule has 0 amide bonds. The zero-order chi connectivity index (χ0) is 17.3. The summed E-state index contributed by atoms with van der Waals surface area (Å²) in [5.41, 5.74) is 0.309. The van der Waals surface area contributed by atoms with E-state index < -0.39 is 26.7 Å². The number of para-hydroxylation sites is 1. The summed E-state index contributed by atoms with van der Waals surface area (Å²) in [6.07, 6.45) is 0. The lowest BCUT2D eigenvalue weighted by Gasteiger charge is -2.09. The fourth-order valence-electron chi connectivity index (χ4n) is 2.28. The number of nitrogens with one attached hydrogen (secondary N) is 1. The summed E-state index contributed by atoms with van der Waals surface area (Å²) in [6, 6.07) is 12.3. The first-order chi connectivity index (χ1) is 11.4. The number of sulfonamides is 1. The molecule has 0 saturated heterocycles. The average Bonchev–Trinajstić information content (AvgIpc) is 2.96. The Bertz CT molecular complexity index is 1010. The number of ether oxygens (including phenoxy) is 1. The summed E-state index contributed by atoms with van der Waals surface area (Å²) in [6.45, 7) is 0. The fraction of sp³-hybridized carbons (Fsp3) is 0.0625. The quantitative estimate of drug-likeness (QED) is 0.717. The molecule has 5 nitrogen and oxygen atoms in total. The topological polar surface area (TPSA) is 72.5 Å². The molecule has 0 atom stereocenters. The van der Waals surface area contributed by atoms with Gasteiger partial charge in [0.1, 0.15) is 15.6 Å². The standard InChI is InChI=1S/C16H12FNO4S2/c1-22-16(19)14-15(13-11(17)8-5-9-12(13)23-14)24(20,21)18-10-6-3-2-4-7-10/h2-9,18H,1H3. The van der Waals surface area contributed by atoms with Crippen molar-refractivity contribution in [3.8, 4) is 0 Å². The molecule has 0 saturated carbocycles. The van der Waals surface area contributed by atoms with Crippen LogP contribution in [-0.2, 0) is 14.8 Å². The van der Waals surface area contributed by atoms with Gasteiger partial charge in [0.15, 0.2) is 0 Å². The number of carbonyl (C=O) groups excluding carboxylic acids is 1. The molecule has 1 heterocycles. The van der Waals surface area contributed by atoms with Crippen molar-refractivity contribution in [2.24, 2.45) is 0 Å². The Labute approximate surface area is 141 Å². The van der Waals surface area contributed by atoms with E-state index in [0.717, 1.165) is 24.5 Å². The van der Waals surface area contributed by atoms with Crippen molar-refractivity contribution in [1.82, 2.24) is 0 Å². The van der Waals surface area contributed by atoms with Crippen LogP contribution < -0.4 is 4.72 Å². The van der Waals surface area contributed by atoms with Crippen LogP contribution in [0.4, 0.5) is 10.1 Å². The zero-order valence-electron chi connectivity index (χ0n) is 12.4. The monoisotopic (exact) mass is 365 g/mol. The average molecular weight is 365 g/mol. The van der Waals surface area contributed by atoms with E-state index in [1.807, 2.05) is 0 Å². The number of halogens is 1. The summed E-state index contributed by atoms with van der Waals surface area (Å²) in [5.74, 6) is -1.55.